The maximum atomic E-state index is 10.2. The van der Waals surface area contributed by atoms with E-state index >= 15 is 0 Å². The van der Waals surface area contributed by atoms with Gasteiger partial charge in [-0.2, -0.15) is 0 Å². The first-order valence-electron chi connectivity index (χ1n) is 3.86. The van der Waals surface area contributed by atoms with Crippen LogP contribution in [-0.2, 0) is 4.79 Å². The number of halogens is 1. The Morgan fingerprint density at radius 3 is 2.86 bits per heavy atom. The van der Waals surface area contributed by atoms with E-state index in [9.17, 15) is 9.90 Å². The molecule has 0 radical (unpaired) electrons. The van der Waals surface area contributed by atoms with Crippen LogP contribution >= 0.6 is 15.9 Å². The van der Waals surface area contributed by atoms with Crippen LogP contribution in [0.4, 0.5) is 0 Å². The zero-order valence-electron chi connectivity index (χ0n) is 7.49. The first kappa shape index (κ1) is 10.8. The van der Waals surface area contributed by atoms with Crippen molar-refractivity contribution in [2.24, 2.45) is 0 Å². The molecule has 0 aliphatic carbocycles. The van der Waals surface area contributed by atoms with Crippen LogP contribution < -0.4 is 9.84 Å². The van der Waals surface area contributed by atoms with Crippen LogP contribution in [0.2, 0.25) is 0 Å². The summed E-state index contributed by atoms with van der Waals surface area (Å²) in [5.74, 6) is -0.613. The summed E-state index contributed by atoms with van der Waals surface area (Å²) in [6.45, 7) is 0. The molecule has 0 spiro atoms. The largest absolute Gasteiger partial charge is 0.545 e. The van der Waals surface area contributed by atoms with Gasteiger partial charge >= 0.3 is 0 Å². The Balaban J connectivity index is 3.04. The van der Waals surface area contributed by atoms with Crippen molar-refractivity contribution in [1.82, 2.24) is 0 Å². The summed E-state index contributed by atoms with van der Waals surface area (Å²) in [6, 6.07) is 5.33. The molecule has 0 heterocycles. The Morgan fingerprint density at radius 1 is 1.57 bits per heavy atom. The third-order valence-electron chi connectivity index (χ3n) is 1.59. The average molecular weight is 256 g/mol. The second-order valence-electron chi connectivity index (χ2n) is 2.54. The van der Waals surface area contributed by atoms with Gasteiger partial charge in [-0.1, -0.05) is 15.9 Å². The number of carboxylic acids is 1. The number of carboxylic acid groups (broad SMARTS) is 1. The smallest absolute Gasteiger partial charge is 0.126 e. The molecule has 14 heavy (non-hydrogen) atoms. The van der Waals surface area contributed by atoms with Crippen molar-refractivity contribution in [2.45, 2.75) is 0 Å². The summed E-state index contributed by atoms with van der Waals surface area (Å²) in [5.41, 5.74) is 0.686. The molecule has 0 aromatic heterocycles. The highest BCUT2D eigenvalue weighted by atomic mass is 79.9. The van der Waals surface area contributed by atoms with Crippen LogP contribution in [0.25, 0.3) is 6.08 Å². The highest BCUT2D eigenvalue weighted by Crippen LogP contribution is 2.23. The van der Waals surface area contributed by atoms with E-state index in [1.54, 1.807) is 12.1 Å². The van der Waals surface area contributed by atoms with Gasteiger partial charge < -0.3 is 14.6 Å². The Bertz CT molecular complexity index is 372. The van der Waals surface area contributed by atoms with Gasteiger partial charge in [0.1, 0.15) is 5.75 Å². The number of hydrogen-bond donors (Lipinski definition) is 0. The monoisotopic (exact) mass is 255 g/mol. The zero-order chi connectivity index (χ0) is 10.6. The molecule has 1 aromatic carbocycles. The van der Waals surface area contributed by atoms with Crippen LogP contribution in [0.3, 0.4) is 0 Å². The van der Waals surface area contributed by atoms with Crippen molar-refractivity contribution in [3.05, 3.63) is 34.3 Å². The molecule has 0 aliphatic heterocycles. The lowest BCUT2D eigenvalue weighted by atomic mass is 10.2. The van der Waals surface area contributed by atoms with Gasteiger partial charge in [0.25, 0.3) is 0 Å². The summed E-state index contributed by atoms with van der Waals surface area (Å²) in [7, 11) is 1.53. The Labute approximate surface area is 90.1 Å². The molecular formula is C10H8BrO3-. The van der Waals surface area contributed by atoms with Crippen LogP contribution in [0, 0.1) is 0 Å². The number of benzene rings is 1. The molecule has 3 nitrogen and oxygen atoms in total. The van der Waals surface area contributed by atoms with Crippen molar-refractivity contribution in [3.63, 3.8) is 0 Å². The molecule has 0 saturated carbocycles. The molecule has 1 aromatic rings. The van der Waals surface area contributed by atoms with Gasteiger partial charge in [0.05, 0.1) is 13.1 Å². The molecule has 0 fully saturated rings. The van der Waals surface area contributed by atoms with E-state index in [1.807, 2.05) is 6.07 Å². The number of rotatable bonds is 3. The van der Waals surface area contributed by atoms with Gasteiger partial charge in [0.2, 0.25) is 0 Å². The van der Waals surface area contributed by atoms with Gasteiger partial charge in [0, 0.05) is 10.0 Å². The number of carbonyl (C=O) groups is 1. The Kier molecular flexibility index (Phi) is 3.71. The number of carbonyl (C=O) groups excluding carboxylic acids is 1. The van der Waals surface area contributed by atoms with Crippen LogP contribution in [0.15, 0.2) is 28.7 Å². The van der Waals surface area contributed by atoms with Gasteiger partial charge in [-0.3, -0.25) is 0 Å². The fourth-order valence-electron chi connectivity index (χ4n) is 0.993. The molecule has 0 atom stereocenters. The van der Waals surface area contributed by atoms with Crippen molar-refractivity contribution >= 4 is 28.0 Å². The number of methoxy groups -OCH3 is 1. The van der Waals surface area contributed by atoms with Crippen molar-refractivity contribution in [2.75, 3.05) is 7.11 Å². The number of hydrogen-bond acceptors (Lipinski definition) is 3. The molecule has 0 saturated heterocycles. The van der Waals surface area contributed by atoms with E-state index in [2.05, 4.69) is 15.9 Å². The first-order chi connectivity index (χ1) is 6.63. The van der Waals surface area contributed by atoms with E-state index in [0.717, 1.165) is 10.5 Å². The maximum Gasteiger partial charge on any atom is 0.126 e. The molecule has 0 N–H and O–H groups in total. The van der Waals surface area contributed by atoms with E-state index in [-0.39, 0.29) is 0 Å². The first-order valence-corrected chi connectivity index (χ1v) is 4.65. The highest BCUT2D eigenvalue weighted by Gasteiger charge is 1.99. The van der Waals surface area contributed by atoms with E-state index in [1.165, 1.54) is 13.2 Å². The normalized spacial score (nSPS) is 10.4. The molecule has 0 aliphatic rings. The standard InChI is InChI=1S/C10H9BrO3/c1-14-9-4-3-8(11)6-7(9)2-5-10(12)13/h2-6H,1H3,(H,12,13)/p-1. The average Bonchev–Trinajstić information content (AvgIpc) is 2.15. The molecule has 0 bridgehead atoms. The summed E-state index contributed by atoms with van der Waals surface area (Å²) in [6.07, 6.45) is 2.39. The third-order valence-corrected chi connectivity index (χ3v) is 2.08. The summed E-state index contributed by atoms with van der Waals surface area (Å²) >= 11 is 3.28. The molecule has 1 rings (SSSR count). The van der Waals surface area contributed by atoms with Gasteiger partial charge in [-0.05, 0) is 30.4 Å². The van der Waals surface area contributed by atoms with Crippen LogP contribution in [0.5, 0.6) is 5.75 Å². The lowest BCUT2D eigenvalue weighted by molar-refractivity contribution is -0.297. The maximum absolute atomic E-state index is 10.2. The SMILES string of the molecule is COc1ccc(Br)cc1C=CC(=O)[O-]. The van der Waals surface area contributed by atoms with E-state index < -0.39 is 5.97 Å². The van der Waals surface area contributed by atoms with E-state index in [0.29, 0.717) is 11.3 Å². The second-order valence-corrected chi connectivity index (χ2v) is 3.45. The van der Waals surface area contributed by atoms with Crippen LogP contribution in [-0.4, -0.2) is 13.1 Å². The van der Waals surface area contributed by atoms with Gasteiger partial charge in [0.15, 0.2) is 0 Å². The fourth-order valence-corrected chi connectivity index (χ4v) is 1.37. The summed E-state index contributed by atoms with van der Waals surface area (Å²) < 4.78 is 5.90. The van der Waals surface area contributed by atoms with Crippen LogP contribution in [0.1, 0.15) is 5.56 Å². The quantitative estimate of drug-likeness (QED) is 0.764. The van der Waals surface area contributed by atoms with Crippen molar-refractivity contribution in [3.8, 4) is 5.75 Å². The Hall–Kier alpha value is -1.29. The minimum atomic E-state index is -1.23. The second kappa shape index (κ2) is 4.81. The fraction of sp³-hybridized carbons (Fsp3) is 0.100. The highest BCUT2D eigenvalue weighted by molar-refractivity contribution is 9.10. The summed E-state index contributed by atoms with van der Waals surface area (Å²) in [5, 5.41) is 10.2. The van der Waals surface area contributed by atoms with Gasteiger partial charge in [-0.15, -0.1) is 0 Å². The van der Waals surface area contributed by atoms with Gasteiger partial charge in [-0.25, -0.2) is 0 Å². The molecule has 0 unspecified atom stereocenters. The minimum absolute atomic E-state index is 0.616. The Morgan fingerprint density at radius 2 is 2.29 bits per heavy atom. The van der Waals surface area contributed by atoms with E-state index in [4.69, 9.17) is 4.74 Å². The predicted octanol–water partition coefficient (Wildman–Crippen LogP) is 1.22. The predicted molar refractivity (Wildman–Crippen MR) is 54.7 cm³/mol. The zero-order valence-corrected chi connectivity index (χ0v) is 9.08. The third kappa shape index (κ3) is 2.88. The number of aliphatic carboxylic acids is 1. The molecule has 74 valence electrons. The molecule has 4 heteroatoms. The van der Waals surface area contributed by atoms with Crippen molar-refractivity contribution in [1.29, 1.82) is 0 Å². The van der Waals surface area contributed by atoms with Crippen molar-refractivity contribution < 1.29 is 14.6 Å². The lowest BCUT2D eigenvalue weighted by Gasteiger charge is -2.04. The summed E-state index contributed by atoms with van der Waals surface area (Å²) in [4.78, 5) is 10.2. The molecule has 0 amide bonds. The topological polar surface area (TPSA) is 49.4 Å². The number of ether oxygens (including phenoxy) is 1. The lowest BCUT2D eigenvalue weighted by Crippen LogP contribution is -2.18. The molecular weight excluding hydrogens is 248 g/mol. The minimum Gasteiger partial charge on any atom is -0.545 e.